The number of fused-ring (bicyclic) bond motifs is 5. The Bertz CT molecular complexity index is 2270. The van der Waals surface area contributed by atoms with Gasteiger partial charge in [-0.15, -0.1) is 4.36 Å². The lowest BCUT2D eigenvalue weighted by atomic mass is 9.68. The van der Waals surface area contributed by atoms with Crippen LogP contribution < -0.4 is 14.4 Å². The van der Waals surface area contributed by atoms with E-state index < -0.39 is 21.7 Å². The maximum absolute atomic E-state index is 14.9. The number of piperazine rings is 1. The number of anilines is 1. The van der Waals surface area contributed by atoms with E-state index in [1.165, 1.54) is 11.1 Å². The number of nitrogens with zero attached hydrogens (tertiary/aromatic N) is 5. The van der Waals surface area contributed by atoms with Crippen molar-refractivity contribution >= 4 is 39.0 Å². The zero-order valence-electron chi connectivity index (χ0n) is 35.2. The maximum atomic E-state index is 14.9. The van der Waals surface area contributed by atoms with Crippen LogP contribution in [-0.4, -0.2) is 114 Å². The highest BCUT2D eigenvalue weighted by Crippen LogP contribution is 2.47. The fourth-order valence-electron chi connectivity index (χ4n) is 10.6. The Morgan fingerprint density at radius 3 is 2.83 bits per heavy atom. The van der Waals surface area contributed by atoms with Crippen LogP contribution in [0.5, 0.6) is 5.75 Å². The molecule has 0 radical (unpaired) electrons. The molecule has 2 bridgehead atoms. The minimum atomic E-state index is -3.57. The number of amides is 2. The highest BCUT2D eigenvalue weighted by molar-refractivity contribution is 7.92. The number of morpholine rings is 1. The number of rotatable bonds is 5. The van der Waals surface area contributed by atoms with Gasteiger partial charge in [0.2, 0.25) is 0 Å². The van der Waals surface area contributed by atoms with Gasteiger partial charge in [-0.3, -0.25) is 24.1 Å². The average molecular weight is 860 g/mol. The number of carbonyl (C=O) groups is 2. The molecule has 14 heteroatoms. The number of carbonyl (C=O) groups excluding carboxylic acids is 2. The monoisotopic (exact) mass is 858 g/mol. The Balaban J connectivity index is 1.02. The SMILES string of the molecule is CO[C@H]1/C=C/C[C@H](C)CS(=O)(NC(=O)c2cc(CN3CCN4CCOC[C@@H]4C3)n(C)c2)=NC(=O)c2ccc3c(c2)N(C[C@@H]2CC[C@H]21)C[C@@]1(CCCc2cc(Cl)ccc21)CO3. The average Bonchev–Trinajstić information content (AvgIpc) is 3.51. The minimum Gasteiger partial charge on any atom is -0.490 e. The number of aromatic nitrogens is 1. The highest BCUT2D eigenvalue weighted by atomic mass is 35.5. The van der Waals surface area contributed by atoms with Crippen molar-refractivity contribution in [3.8, 4) is 5.75 Å². The van der Waals surface area contributed by atoms with E-state index in [9.17, 15) is 13.8 Å². The van der Waals surface area contributed by atoms with Crippen LogP contribution >= 0.6 is 11.6 Å². The van der Waals surface area contributed by atoms with Gasteiger partial charge in [0.15, 0.2) is 0 Å². The number of benzene rings is 2. The third-order valence-corrected chi connectivity index (χ3v) is 16.3. The van der Waals surface area contributed by atoms with Gasteiger partial charge < -0.3 is 23.7 Å². The van der Waals surface area contributed by atoms with E-state index in [-0.39, 0.29) is 23.2 Å². The second-order valence-electron chi connectivity index (χ2n) is 18.2. The highest BCUT2D eigenvalue weighted by Gasteiger charge is 2.44. The molecule has 9 rings (SSSR count). The summed E-state index contributed by atoms with van der Waals surface area (Å²) >= 11 is 6.50. The lowest BCUT2D eigenvalue weighted by Crippen LogP contribution is -2.57. The molecule has 2 amide bonds. The van der Waals surface area contributed by atoms with Crippen molar-refractivity contribution in [1.82, 2.24) is 19.1 Å². The fraction of sp³-hybridized carbons (Fsp3) is 0.565. The normalized spacial score (nSPS) is 31.7. The summed E-state index contributed by atoms with van der Waals surface area (Å²) in [6.07, 6.45) is 11.7. The molecule has 1 unspecified atom stereocenters. The molecule has 4 aliphatic heterocycles. The molecule has 12 nitrogen and oxygen atoms in total. The summed E-state index contributed by atoms with van der Waals surface area (Å²) in [6, 6.07) is 13.9. The van der Waals surface area contributed by atoms with Crippen molar-refractivity contribution in [2.75, 3.05) is 76.9 Å². The molecular weight excluding hydrogens is 800 g/mol. The van der Waals surface area contributed by atoms with E-state index in [0.29, 0.717) is 60.9 Å². The van der Waals surface area contributed by atoms with Gasteiger partial charge >= 0.3 is 0 Å². The number of halogens is 1. The molecule has 1 N–H and O–H groups in total. The van der Waals surface area contributed by atoms with Gasteiger partial charge in [0.1, 0.15) is 15.7 Å². The molecule has 6 aliphatic rings. The van der Waals surface area contributed by atoms with Crippen molar-refractivity contribution < 1.29 is 28.0 Å². The third kappa shape index (κ3) is 8.55. The number of allylic oxidation sites excluding steroid dienone is 1. The van der Waals surface area contributed by atoms with Gasteiger partial charge in [-0.1, -0.05) is 36.7 Å². The number of methoxy groups -OCH3 is 1. The van der Waals surface area contributed by atoms with E-state index in [1.54, 1.807) is 19.4 Å². The number of ether oxygens (including phenoxy) is 3. The summed E-state index contributed by atoms with van der Waals surface area (Å²) in [5.74, 6) is 0.142. The predicted molar refractivity (Wildman–Crippen MR) is 234 cm³/mol. The second-order valence-corrected chi connectivity index (χ2v) is 20.7. The molecule has 2 saturated heterocycles. The second kappa shape index (κ2) is 17.2. The number of hydrogen-bond donors (Lipinski definition) is 1. The van der Waals surface area contributed by atoms with Crippen molar-refractivity contribution in [2.24, 2.45) is 29.2 Å². The first-order valence-electron chi connectivity index (χ1n) is 21.8. The van der Waals surface area contributed by atoms with Crippen LogP contribution in [0.1, 0.15) is 76.6 Å². The lowest BCUT2D eigenvalue weighted by molar-refractivity contribution is -0.0464. The van der Waals surface area contributed by atoms with Crippen LogP contribution in [-0.2, 0) is 44.8 Å². The van der Waals surface area contributed by atoms with Gasteiger partial charge in [0.25, 0.3) is 11.8 Å². The summed E-state index contributed by atoms with van der Waals surface area (Å²) in [6.45, 7) is 9.98. The molecule has 5 heterocycles. The summed E-state index contributed by atoms with van der Waals surface area (Å²) in [5, 5.41) is 0.743. The first-order chi connectivity index (χ1) is 29.0. The molecule has 3 aromatic rings. The van der Waals surface area contributed by atoms with Crippen LogP contribution in [0.4, 0.5) is 5.69 Å². The van der Waals surface area contributed by atoms with Crippen LogP contribution in [0.25, 0.3) is 0 Å². The van der Waals surface area contributed by atoms with Gasteiger partial charge in [-0.25, -0.2) is 4.21 Å². The van der Waals surface area contributed by atoms with Gasteiger partial charge in [-0.2, -0.15) is 0 Å². The molecular formula is C46H59ClN6O6S. The summed E-state index contributed by atoms with van der Waals surface area (Å²) in [7, 11) is 0.135. The van der Waals surface area contributed by atoms with Gasteiger partial charge in [0, 0.05) is 93.9 Å². The molecule has 1 spiro atoms. The minimum absolute atomic E-state index is 0.0120. The summed E-state index contributed by atoms with van der Waals surface area (Å²) in [5.41, 5.74) is 4.77. The molecule has 322 valence electrons. The van der Waals surface area contributed by atoms with Crippen molar-refractivity contribution in [2.45, 2.75) is 69.6 Å². The van der Waals surface area contributed by atoms with Crippen molar-refractivity contribution in [3.05, 3.63) is 93.8 Å². The standard InChI is InChI=1S/C46H59ClN6O6S/c1-31-6-4-8-42(57-3)39-12-9-34(39)24-53-29-46(15-5-7-32-20-36(47)11-13-40(32)46)30-59-43-14-10-33(22-41(43)53)44(54)48-60(56,28-31)49-45(55)35-21-37(50(2)23-35)25-51-16-17-52-18-19-58-27-38(52)26-51/h4,8,10-11,13-14,20-23,31,34,38-39,42H,5-7,9,12,15-19,24-30H2,1-3H3,(H,48,49,54,55,56)/b8-4+/t31-,34-,38-,39+,42-,46-,60?/m0/s1. The van der Waals surface area contributed by atoms with E-state index in [0.717, 1.165) is 94.4 Å². The zero-order chi connectivity index (χ0) is 41.6. The first kappa shape index (κ1) is 41.6. The Labute approximate surface area is 359 Å². The number of nitrogens with one attached hydrogen (secondary N) is 1. The van der Waals surface area contributed by atoms with E-state index in [4.69, 9.17) is 25.8 Å². The number of aryl methyl sites for hydroxylation is 2. The quantitative estimate of drug-likeness (QED) is 0.297. The molecule has 3 fully saturated rings. The fourth-order valence-corrected chi connectivity index (χ4v) is 12.7. The van der Waals surface area contributed by atoms with Gasteiger partial charge in [-0.05, 0) is 104 Å². The Hall–Kier alpha value is -3.72. The third-order valence-electron chi connectivity index (χ3n) is 14.0. The molecule has 1 saturated carbocycles. The Kier molecular flexibility index (Phi) is 11.9. The van der Waals surface area contributed by atoms with E-state index >= 15 is 0 Å². The summed E-state index contributed by atoms with van der Waals surface area (Å²) in [4.78, 5) is 35.6. The first-order valence-corrected chi connectivity index (χ1v) is 23.8. The van der Waals surface area contributed by atoms with Crippen molar-refractivity contribution in [1.29, 1.82) is 0 Å². The van der Waals surface area contributed by atoms with E-state index in [1.807, 2.05) is 42.8 Å². The predicted octanol–water partition coefficient (Wildman–Crippen LogP) is 6.26. The van der Waals surface area contributed by atoms with Crippen LogP contribution in [0, 0.1) is 17.8 Å². The zero-order valence-corrected chi connectivity index (χ0v) is 36.7. The summed E-state index contributed by atoms with van der Waals surface area (Å²) < 4.78 is 42.6. The maximum Gasteiger partial charge on any atom is 0.286 e. The Morgan fingerprint density at radius 1 is 1.12 bits per heavy atom. The van der Waals surface area contributed by atoms with E-state index in [2.05, 4.69) is 48.1 Å². The number of hydrogen-bond acceptors (Lipinski definition) is 9. The lowest BCUT2D eigenvalue weighted by Gasteiger charge is -2.46. The Morgan fingerprint density at radius 2 is 2.00 bits per heavy atom. The van der Waals surface area contributed by atoms with Gasteiger partial charge in [0.05, 0.1) is 42.9 Å². The molecule has 2 aliphatic carbocycles. The van der Waals surface area contributed by atoms with Crippen LogP contribution in [0.15, 0.2) is 65.2 Å². The topological polar surface area (TPSA) is 118 Å². The van der Waals surface area contributed by atoms with Crippen LogP contribution in [0.3, 0.4) is 0 Å². The molecule has 7 atom stereocenters. The molecule has 2 aromatic carbocycles. The molecule has 1 aromatic heterocycles. The van der Waals surface area contributed by atoms with Crippen molar-refractivity contribution in [3.63, 3.8) is 0 Å². The largest absolute Gasteiger partial charge is 0.490 e. The smallest absolute Gasteiger partial charge is 0.286 e. The molecule has 60 heavy (non-hydrogen) atoms. The van der Waals surface area contributed by atoms with Crippen LogP contribution in [0.2, 0.25) is 5.02 Å².